The Morgan fingerprint density at radius 1 is 1.35 bits per heavy atom. The van der Waals surface area contributed by atoms with Crippen LogP contribution in [0.1, 0.15) is 19.3 Å². The zero-order valence-electron chi connectivity index (χ0n) is 13.6. The van der Waals surface area contributed by atoms with Crippen molar-refractivity contribution in [1.29, 1.82) is 0 Å². The standard InChI is InChI=1S/C17H23FN2O3/c1-19(13-5-3-12(18)4-6-13)17(21)20-9-10-23-16-8-7-14(22-2)11-15(16)20/h3-6,14-16H,7-11H2,1-2H3/t14-,15+,16-/m1/s1. The highest BCUT2D eigenvalue weighted by Crippen LogP contribution is 2.31. The lowest BCUT2D eigenvalue weighted by Gasteiger charge is -2.46. The second-order valence-electron chi connectivity index (χ2n) is 6.16. The van der Waals surface area contributed by atoms with Crippen LogP contribution in [-0.2, 0) is 9.47 Å². The van der Waals surface area contributed by atoms with E-state index in [0.29, 0.717) is 18.8 Å². The average Bonchev–Trinajstić information content (AvgIpc) is 2.60. The number of carbonyl (C=O) groups is 1. The van der Waals surface area contributed by atoms with Crippen molar-refractivity contribution in [2.24, 2.45) is 0 Å². The molecule has 2 amide bonds. The fraction of sp³-hybridized carbons (Fsp3) is 0.588. The number of amides is 2. The van der Waals surface area contributed by atoms with Gasteiger partial charge in [0.05, 0.1) is 24.9 Å². The lowest BCUT2D eigenvalue weighted by molar-refractivity contribution is -0.0976. The molecule has 3 atom stereocenters. The third-order valence-electron chi connectivity index (χ3n) is 4.85. The molecule has 3 rings (SSSR count). The number of urea groups is 1. The summed E-state index contributed by atoms with van der Waals surface area (Å²) in [6.07, 6.45) is 2.93. The van der Waals surface area contributed by atoms with E-state index in [1.165, 1.54) is 12.1 Å². The summed E-state index contributed by atoms with van der Waals surface area (Å²) in [5.41, 5.74) is 0.679. The highest BCUT2D eigenvalue weighted by atomic mass is 19.1. The van der Waals surface area contributed by atoms with Crippen molar-refractivity contribution < 1.29 is 18.7 Å². The molecular weight excluding hydrogens is 299 g/mol. The van der Waals surface area contributed by atoms with Crippen LogP contribution in [0.25, 0.3) is 0 Å². The van der Waals surface area contributed by atoms with Gasteiger partial charge in [-0.25, -0.2) is 9.18 Å². The number of anilines is 1. The first-order valence-electron chi connectivity index (χ1n) is 8.04. The summed E-state index contributed by atoms with van der Waals surface area (Å²) < 4.78 is 24.4. The minimum Gasteiger partial charge on any atom is -0.381 e. The lowest BCUT2D eigenvalue weighted by Crippen LogP contribution is -2.59. The molecule has 1 saturated carbocycles. The largest absolute Gasteiger partial charge is 0.381 e. The van der Waals surface area contributed by atoms with Gasteiger partial charge < -0.3 is 14.4 Å². The Morgan fingerprint density at radius 3 is 2.78 bits per heavy atom. The van der Waals surface area contributed by atoms with E-state index in [0.717, 1.165) is 19.3 Å². The van der Waals surface area contributed by atoms with Gasteiger partial charge in [0.25, 0.3) is 0 Å². The molecule has 0 N–H and O–H groups in total. The molecular formula is C17H23FN2O3. The Morgan fingerprint density at radius 2 is 2.09 bits per heavy atom. The second-order valence-corrected chi connectivity index (χ2v) is 6.16. The van der Waals surface area contributed by atoms with Gasteiger partial charge in [-0.3, -0.25) is 4.90 Å². The number of fused-ring (bicyclic) bond motifs is 1. The van der Waals surface area contributed by atoms with Gasteiger partial charge in [-0.1, -0.05) is 0 Å². The summed E-state index contributed by atoms with van der Waals surface area (Å²) in [4.78, 5) is 16.3. The molecule has 2 fully saturated rings. The van der Waals surface area contributed by atoms with E-state index >= 15 is 0 Å². The van der Waals surface area contributed by atoms with Crippen molar-refractivity contribution in [2.45, 2.75) is 37.5 Å². The van der Waals surface area contributed by atoms with Crippen molar-refractivity contribution in [3.8, 4) is 0 Å². The van der Waals surface area contributed by atoms with E-state index in [-0.39, 0.29) is 30.1 Å². The molecule has 5 nitrogen and oxygen atoms in total. The van der Waals surface area contributed by atoms with Gasteiger partial charge in [-0.2, -0.15) is 0 Å². The molecule has 1 heterocycles. The quantitative estimate of drug-likeness (QED) is 0.840. The number of hydrogen-bond acceptors (Lipinski definition) is 3. The van der Waals surface area contributed by atoms with Crippen LogP contribution in [0, 0.1) is 5.82 Å². The third kappa shape index (κ3) is 3.33. The summed E-state index contributed by atoms with van der Waals surface area (Å²) in [5.74, 6) is -0.309. The zero-order valence-corrected chi connectivity index (χ0v) is 13.6. The molecule has 1 aromatic carbocycles. The van der Waals surface area contributed by atoms with Crippen molar-refractivity contribution in [3.05, 3.63) is 30.1 Å². The number of carbonyl (C=O) groups excluding carboxylic acids is 1. The first kappa shape index (κ1) is 16.2. The fourth-order valence-corrected chi connectivity index (χ4v) is 3.49. The van der Waals surface area contributed by atoms with E-state index in [4.69, 9.17) is 9.47 Å². The minimum atomic E-state index is -0.309. The van der Waals surface area contributed by atoms with E-state index in [2.05, 4.69) is 0 Å². The van der Waals surface area contributed by atoms with Crippen LogP contribution in [0.5, 0.6) is 0 Å². The van der Waals surface area contributed by atoms with Crippen LogP contribution in [0.4, 0.5) is 14.9 Å². The van der Waals surface area contributed by atoms with Gasteiger partial charge in [-0.05, 0) is 43.5 Å². The number of benzene rings is 1. The van der Waals surface area contributed by atoms with Gasteiger partial charge >= 0.3 is 6.03 Å². The first-order chi connectivity index (χ1) is 11.1. The van der Waals surface area contributed by atoms with Crippen LogP contribution in [0.15, 0.2) is 24.3 Å². The van der Waals surface area contributed by atoms with Crippen molar-refractivity contribution in [3.63, 3.8) is 0 Å². The summed E-state index contributed by atoms with van der Waals surface area (Å²) in [6, 6.07) is 5.92. The maximum Gasteiger partial charge on any atom is 0.324 e. The normalized spacial score (nSPS) is 27.4. The van der Waals surface area contributed by atoms with Crippen molar-refractivity contribution >= 4 is 11.7 Å². The Bertz CT molecular complexity index is 551. The maximum absolute atomic E-state index is 13.1. The maximum atomic E-state index is 13.1. The average molecular weight is 322 g/mol. The van der Waals surface area contributed by atoms with Gasteiger partial charge in [0.15, 0.2) is 0 Å². The predicted octanol–water partition coefficient (Wildman–Crippen LogP) is 2.65. The van der Waals surface area contributed by atoms with E-state index in [1.54, 1.807) is 31.2 Å². The van der Waals surface area contributed by atoms with E-state index < -0.39 is 0 Å². The van der Waals surface area contributed by atoms with Crippen molar-refractivity contribution in [2.75, 3.05) is 32.2 Å². The van der Waals surface area contributed by atoms with Gasteiger partial charge in [0.1, 0.15) is 5.82 Å². The molecule has 1 aliphatic heterocycles. The molecule has 1 aliphatic carbocycles. The Labute approximate surface area is 136 Å². The number of nitrogens with zero attached hydrogens (tertiary/aromatic N) is 2. The fourth-order valence-electron chi connectivity index (χ4n) is 3.49. The SMILES string of the molecule is CO[C@@H]1CC[C@H]2OCCN(C(=O)N(C)c3ccc(F)cc3)[C@H]2C1. The Kier molecular flexibility index (Phi) is 4.82. The Balaban J connectivity index is 1.75. The minimum absolute atomic E-state index is 0.0397. The highest BCUT2D eigenvalue weighted by Gasteiger charge is 2.40. The summed E-state index contributed by atoms with van der Waals surface area (Å²) in [7, 11) is 3.43. The molecule has 0 radical (unpaired) electrons. The number of ether oxygens (including phenoxy) is 2. The molecule has 126 valence electrons. The smallest absolute Gasteiger partial charge is 0.324 e. The topological polar surface area (TPSA) is 42.0 Å². The summed E-state index contributed by atoms with van der Waals surface area (Å²) in [6.45, 7) is 1.13. The monoisotopic (exact) mass is 322 g/mol. The molecule has 0 bridgehead atoms. The van der Waals surface area contributed by atoms with Gasteiger partial charge in [0.2, 0.25) is 0 Å². The molecule has 2 aliphatic rings. The molecule has 0 aromatic heterocycles. The second kappa shape index (κ2) is 6.84. The molecule has 23 heavy (non-hydrogen) atoms. The zero-order chi connectivity index (χ0) is 16.4. The molecule has 1 aromatic rings. The lowest BCUT2D eigenvalue weighted by atomic mass is 9.88. The van der Waals surface area contributed by atoms with Gasteiger partial charge in [-0.15, -0.1) is 0 Å². The van der Waals surface area contributed by atoms with Crippen LogP contribution in [-0.4, -0.2) is 56.5 Å². The highest BCUT2D eigenvalue weighted by molar-refractivity contribution is 5.91. The molecule has 6 heteroatoms. The molecule has 1 saturated heterocycles. The van der Waals surface area contributed by atoms with E-state index in [9.17, 15) is 9.18 Å². The third-order valence-corrected chi connectivity index (χ3v) is 4.85. The van der Waals surface area contributed by atoms with Crippen molar-refractivity contribution in [1.82, 2.24) is 4.90 Å². The molecule has 0 spiro atoms. The van der Waals surface area contributed by atoms with Crippen LogP contribution in [0.2, 0.25) is 0 Å². The van der Waals surface area contributed by atoms with E-state index in [1.807, 2.05) is 4.90 Å². The number of methoxy groups -OCH3 is 1. The van der Waals surface area contributed by atoms with Crippen LogP contribution in [0.3, 0.4) is 0 Å². The number of rotatable bonds is 2. The predicted molar refractivity (Wildman–Crippen MR) is 85.1 cm³/mol. The van der Waals surface area contributed by atoms with Crippen LogP contribution < -0.4 is 4.90 Å². The number of halogens is 1. The van der Waals surface area contributed by atoms with Gasteiger partial charge in [0, 0.05) is 26.4 Å². The molecule has 0 unspecified atom stereocenters. The Hall–Kier alpha value is -1.66. The summed E-state index contributed by atoms with van der Waals surface area (Å²) in [5, 5.41) is 0. The number of morpholine rings is 1. The van der Waals surface area contributed by atoms with Crippen LogP contribution >= 0.6 is 0 Å². The number of hydrogen-bond donors (Lipinski definition) is 0. The summed E-state index contributed by atoms with van der Waals surface area (Å²) >= 11 is 0. The first-order valence-corrected chi connectivity index (χ1v) is 8.04.